The van der Waals surface area contributed by atoms with Crippen LogP contribution in [0.4, 0.5) is 0 Å². The normalized spacial score (nSPS) is 12.7. The second-order valence-corrected chi connectivity index (χ2v) is 10.8. The lowest BCUT2D eigenvalue weighted by Crippen LogP contribution is -2.45. The summed E-state index contributed by atoms with van der Waals surface area (Å²) in [6.45, 7) is 7.25. The minimum atomic E-state index is -0.767. The van der Waals surface area contributed by atoms with Crippen molar-refractivity contribution in [3.63, 3.8) is 0 Å². The molecule has 2 aromatic carbocycles. The van der Waals surface area contributed by atoms with Gasteiger partial charge in [0.2, 0.25) is 10.9 Å². The van der Waals surface area contributed by atoms with E-state index in [0.29, 0.717) is 20.5 Å². The molecule has 0 fully saturated rings. The van der Waals surface area contributed by atoms with Crippen molar-refractivity contribution in [1.29, 1.82) is 0 Å². The molecule has 0 aliphatic carbocycles. The molecule has 0 spiro atoms. The first kappa shape index (κ1) is 24.9. The van der Waals surface area contributed by atoms with E-state index in [1.54, 1.807) is 24.3 Å². The maximum absolute atomic E-state index is 13.2. The number of likely N-dealkylation sites (N-methyl/N-ethyl adjacent to an activating group) is 2. The van der Waals surface area contributed by atoms with E-state index in [1.165, 1.54) is 23.5 Å². The van der Waals surface area contributed by atoms with Crippen LogP contribution in [-0.2, 0) is 0 Å². The van der Waals surface area contributed by atoms with Crippen molar-refractivity contribution < 1.29 is 9.59 Å². The maximum Gasteiger partial charge on any atom is 0.235 e. The molecular formula is C26H30N2O4S. The Balaban J connectivity index is 2.27. The number of fused-ring (bicyclic) bond motifs is 2. The zero-order chi connectivity index (χ0) is 24.9. The topological polar surface area (TPSA) is 74.8 Å². The molecule has 0 bridgehead atoms. The number of ketones is 2. The molecule has 0 aliphatic rings. The van der Waals surface area contributed by atoms with Gasteiger partial charge in [-0.3, -0.25) is 29.0 Å². The summed E-state index contributed by atoms with van der Waals surface area (Å²) in [7, 11) is 7.27. The van der Waals surface area contributed by atoms with E-state index in [4.69, 9.17) is 0 Å². The van der Waals surface area contributed by atoms with Crippen LogP contribution in [0.25, 0.3) is 20.2 Å². The summed E-state index contributed by atoms with van der Waals surface area (Å²) in [6.07, 6.45) is 0. The Kier molecular flexibility index (Phi) is 6.45. The highest BCUT2D eigenvalue weighted by molar-refractivity contribution is 7.24. The van der Waals surface area contributed by atoms with Crippen LogP contribution in [0.3, 0.4) is 0 Å². The smallest absolute Gasteiger partial charge is 0.235 e. The highest BCUT2D eigenvalue weighted by Crippen LogP contribution is 2.27. The van der Waals surface area contributed by atoms with Gasteiger partial charge in [0.1, 0.15) is 0 Å². The number of carbonyl (C=O) groups excluding carboxylic acids is 2. The summed E-state index contributed by atoms with van der Waals surface area (Å²) in [5.41, 5.74) is -2.13. The molecular weight excluding hydrogens is 436 g/mol. The number of rotatable bonds is 6. The van der Waals surface area contributed by atoms with E-state index in [1.807, 2.05) is 65.7 Å². The van der Waals surface area contributed by atoms with Gasteiger partial charge in [0.25, 0.3) is 0 Å². The van der Waals surface area contributed by atoms with Crippen LogP contribution in [0.5, 0.6) is 0 Å². The molecule has 3 aromatic rings. The first-order chi connectivity index (χ1) is 15.2. The number of Topliss-reactive ketones (excluding diaryl/α,β-unsaturated/α-hetero) is 2. The molecule has 1 aromatic heterocycles. The molecule has 174 valence electrons. The van der Waals surface area contributed by atoms with Crippen molar-refractivity contribution >= 4 is 43.1 Å². The number of benzene rings is 2. The second kappa shape index (κ2) is 8.56. The first-order valence-corrected chi connectivity index (χ1v) is 11.5. The fourth-order valence-corrected chi connectivity index (χ4v) is 4.38. The van der Waals surface area contributed by atoms with Crippen molar-refractivity contribution in [2.24, 2.45) is 0 Å². The van der Waals surface area contributed by atoms with Gasteiger partial charge in [0.05, 0.1) is 11.1 Å². The maximum atomic E-state index is 13.2. The van der Waals surface area contributed by atoms with Crippen LogP contribution in [0.1, 0.15) is 48.4 Å². The van der Waals surface area contributed by atoms with Crippen LogP contribution in [0.15, 0.2) is 46.0 Å². The average molecular weight is 467 g/mol. The molecule has 0 amide bonds. The Morgan fingerprint density at radius 3 is 1.30 bits per heavy atom. The highest BCUT2D eigenvalue weighted by Gasteiger charge is 2.32. The Morgan fingerprint density at radius 1 is 0.667 bits per heavy atom. The van der Waals surface area contributed by atoms with Crippen molar-refractivity contribution in [2.45, 2.75) is 38.8 Å². The second-order valence-electron chi connectivity index (χ2n) is 9.75. The summed E-state index contributed by atoms with van der Waals surface area (Å²) in [4.78, 5) is 56.1. The lowest BCUT2D eigenvalue weighted by molar-refractivity contribution is 0.0750. The van der Waals surface area contributed by atoms with Crippen LogP contribution in [-0.4, -0.2) is 60.6 Å². The molecule has 7 heteroatoms. The van der Waals surface area contributed by atoms with Crippen molar-refractivity contribution in [3.05, 3.63) is 68.0 Å². The molecule has 0 saturated heterocycles. The fourth-order valence-electron chi connectivity index (χ4n) is 3.35. The quantitative estimate of drug-likeness (QED) is 0.406. The van der Waals surface area contributed by atoms with Crippen LogP contribution >= 0.6 is 11.3 Å². The molecule has 0 N–H and O–H groups in total. The molecule has 33 heavy (non-hydrogen) atoms. The molecule has 0 saturated carbocycles. The minimum Gasteiger partial charge on any atom is -0.297 e. The number of hydrogen-bond donors (Lipinski definition) is 0. The van der Waals surface area contributed by atoms with Gasteiger partial charge in [0.15, 0.2) is 11.6 Å². The number of carbonyl (C=O) groups is 2. The van der Waals surface area contributed by atoms with Gasteiger partial charge < -0.3 is 0 Å². The zero-order valence-corrected chi connectivity index (χ0v) is 21.2. The lowest BCUT2D eigenvalue weighted by atomic mass is 9.91. The Hall–Kier alpha value is -2.74. The van der Waals surface area contributed by atoms with E-state index in [0.717, 1.165) is 0 Å². The predicted octanol–water partition coefficient (Wildman–Crippen LogP) is 3.82. The molecule has 0 aliphatic heterocycles. The van der Waals surface area contributed by atoms with Crippen LogP contribution in [0, 0.1) is 0 Å². The third-order valence-electron chi connectivity index (χ3n) is 6.75. The third-order valence-corrected chi connectivity index (χ3v) is 7.90. The van der Waals surface area contributed by atoms with E-state index in [2.05, 4.69) is 0 Å². The first-order valence-electron chi connectivity index (χ1n) is 10.7. The lowest BCUT2D eigenvalue weighted by Gasteiger charge is -2.30. The highest BCUT2D eigenvalue weighted by atomic mass is 32.1. The van der Waals surface area contributed by atoms with Crippen molar-refractivity contribution in [1.82, 2.24) is 9.80 Å². The minimum absolute atomic E-state index is 0.138. The molecule has 6 nitrogen and oxygen atoms in total. The monoisotopic (exact) mass is 466 g/mol. The number of hydrogen-bond acceptors (Lipinski definition) is 7. The summed E-state index contributed by atoms with van der Waals surface area (Å²) < 4.78 is 1.22. The fraction of sp³-hybridized carbons (Fsp3) is 0.385. The largest absolute Gasteiger partial charge is 0.297 e. The standard InChI is InChI=1S/C26H30N2O4S/c1-25(2,27(5)6)23(31)15-9-11-19-17(13-15)21(29)22(30)18-14-16(10-12-20(18)33-19)24(32)26(3,4)28(7)8/h9-14H,1-8H3. The molecule has 1 heterocycles. The van der Waals surface area contributed by atoms with Gasteiger partial charge in [0, 0.05) is 31.3 Å². The van der Waals surface area contributed by atoms with E-state index < -0.39 is 21.9 Å². The molecule has 3 rings (SSSR count). The van der Waals surface area contributed by atoms with Gasteiger partial charge in [-0.15, -0.1) is 11.3 Å². The van der Waals surface area contributed by atoms with Gasteiger partial charge >= 0.3 is 0 Å². The Bertz CT molecular complexity index is 1300. The zero-order valence-electron chi connectivity index (χ0n) is 20.4. The van der Waals surface area contributed by atoms with E-state index in [9.17, 15) is 19.2 Å². The van der Waals surface area contributed by atoms with E-state index >= 15 is 0 Å². The van der Waals surface area contributed by atoms with Gasteiger partial charge in [-0.2, -0.15) is 0 Å². The number of nitrogens with zero attached hydrogens (tertiary/aromatic N) is 2. The van der Waals surface area contributed by atoms with Gasteiger partial charge in [-0.1, -0.05) is 0 Å². The SMILES string of the molecule is CN(C)C(C)(C)C(=O)c1ccc2sc3ccc(C(=O)C(C)(C)N(C)C)cc3c(=O)c(=O)c2c1. The Morgan fingerprint density at radius 2 is 1.00 bits per heavy atom. The molecule has 0 radical (unpaired) electrons. The van der Waals surface area contributed by atoms with Crippen LogP contribution < -0.4 is 10.9 Å². The van der Waals surface area contributed by atoms with Crippen molar-refractivity contribution in [2.75, 3.05) is 28.2 Å². The van der Waals surface area contributed by atoms with Crippen molar-refractivity contribution in [3.8, 4) is 0 Å². The van der Waals surface area contributed by atoms with Crippen LogP contribution in [0.2, 0.25) is 0 Å². The summed E-state index contributed by atoms with van der Waals surface area (Å²) in [5, 5.41) is 0.422. The molecule has 0 atom stereocenters. The summed E-state index contributed by atoms with van der Waals surface area (Å²) in [5.74, 6) is -0.276. The average Bonchev–Trinajstić information content (AvgIpc) is 2.86. The Labute approximate surface area is 197 Å². The third kappa shape index (κ3) is 4.28. The van der Waals surface area contributed by atoms with Gasteiger partial charge in [-0.25, -0.2) is 0 Å². The summed E-state index contributed by atoms with van der Waals surface area (Å²) >= 11 is 1.29. The van der Waals surface area contributed by atoms with E-state index in [-0.39, 0.29) is 22.3 Å². The summed E-state index contributed by atoms with van der Waals surface area (Å²) in [6, 6.07) is 9.85. The van der Waals surface area contributed by atoms with Gasteiger partial charge in [-0.05, 0) is 92.3 Å². The predicted molar refractivity (Wildman–Crippen MR) is 136 cm³/mol. The molecule has 0 unspecified atom stereocenters.